The molecule has 4 nitrogen and oxygen atoms in total. The fraction of sp³-hybridized carbons (Fsp3) is 0.500. The molecular weight excluding hydrogens is 345 g/mol. The van der Waals surface area contributed by atoms with Crippen LogP contribution in [0.5, 0.6) is 23.0 Å². The third-order valence-corrected chi connectivity index (χ3v) is 3.17. The highest BCUT2D eigenvalue weighted by Gasteiger charge is 2.38. The molecule has 1 rings (SSSR count). The van der Waals surface area contributed by atoms with E-state index in [1.54, 1.807) is 0 Å². The van der Waals surface area contributed by atoms with E-state index < -0.39 is 17.6 Å². The third kappa shape index (κ3) is 4.09. The molecule has 0 saturated carbocycles. The van der Waals surface area contributed by atoms with Crippen molar-refractivity contribution in [3.05, 3.63) is 12.1 Å². The minimum absolute atomic E-state index is 0.188. The van der Waals surface area contributed by atoms with E-state index in [2.05, 4.69) is 15.9 Å². The zero-order valence-electron chi connectivity index (χ0n) is 11.1. The summed E-state index contributed by atoms with van der Waals surface area (Å²) in [5.41, 5.74) is 0. The van der Waals surface area contributed by atoms with Gasteiger partial charge in [0.15, 0.2) is 11.5 Å². The number of rotatable bonds is 6. The Labute approximate surface area is 122 Å². The van der Waals surface area contributed by atoms with Crippen molar-refractivity contribution in [3.63, 3.8) is 0 Å². The molecule has 0 aliphatic rings. The van der Waals surface area contributed by atoms with Crippen LogP contribution in [0.2, 0.25) is 0 Å². The summed E-state index contributed by atoms with van der Waals surface area (Å²) in [5.74, 6) is 1.14. The summed E-state index contributed by atoms with van der Waals surface area (Å²) in [6.45, 7) is -0.567. The fourth-order valence-corrected chi connectivity index (χ4v) is 1.54. The summed E-state index contributed by atoms with van der Waals surface area (Å²) in [7, 11) is 4.24. The summed E-state index contributed by atoms with van der Waals surface area (Å²) < 4.78 is 57.4. The molecule has 0 heterocycles. The highest BCUT2D eigenvalue weighted by molar-refractivity contribution is 9.09. The molecule has 0 spiro atoms. The van der Waals surface area contributed by atoms with Crippen molar-refractivity contribution in [2.45, 2.75) is 11.0 Å². The molecule has 1 aromatic rings. The lowest BCUT2D eigenvalue weighted by Crippen LogP contribution is -2.28. The number of alkyl halides is 4. The smallest absolute Gasteiger partial charge is 0.404 e. The Kier molecular flexibility index (Phi) is 5.79. The zero-order chi connectivity index (χ0) is 15.3. The average molecular weight is 359 g/mol. The Morgan fingerprint density at radius 2 is 1.55 bits per heavy atom. The predicted octanol–water partition coefficient (Wildman–Crippen LogP) is 3.42. The van der Waals surface area contributed by atoms with E-state index in [9.17, 15) is 13.2 Å². The van der Waals surface area contributed by atoms with E-state index in [0.717, 1.165) is 0 Å². The molecule has 0 bridgehead atoms. The van der Waals surface area contributed by atoms with E-state index >= 15 is 0 Å². The molecular formula is C12H14BrF3O4. The Morgan fingerprint density at radius 1 is 1.05 bits per heavy atom. The van der Waals surface area contributed by atoms with Gasteiger partial charge in [0.05, 0.1) is 21.3 Å². The number of methoxy groups -OCH3 is 3. The highest BCUT2D eigenvalue weighted by Crippen LogP contribution is 2.41. The van der Waals surface area contributed by atoms with Gasteiger partial charge in [0.25, 0.3) is 0 Å². The van der Waals surface area contributed by atoms with Crippen molar-refractivity contribution in [3.8, 4) is 23.0 Å². The molecule has 0 N–H and O–H groups in total. The van der Waals surface area contributed by atoms with Gasteiger partial charge in [-0.1, -0.05) is 15.9 Å². The standard InChI is InChI=1S/C12H14BrF3O4/c1-17-8-4-7(5-9(18-2)11(8)19-3)20-6-10(13)12(14,15)16/h4-5,10H,6H2,1-3H3. The van der Waals surface area contributed by atoms with Gasteiger partial charge in [0.1, 0.15) is 17.2 Å². The van der Waals surface area contributed by atoms with Gasteiger partial charge in [-0.3, -0.25) is 0 Å². The van der Waals surface area contributed by atoms with Crippen LogP contribution in [0.15, 0.2) is 12.1 Å². The number of ether oxygens (including phenoxy) is 4. The maximum absolute atomic E-state index is 12.4. The minimum Gasteiger partial charge on any atom is -0.493 e. The van der Waals surface area contributed by atoms with Gasteiger partial charge in [-0.05, 0) is 0 Å². The van der Waals surface area contributed by atoms with E-state index in [0.29, 0.717) is 17.2 Å². The van der Waals surface area contributed by atoms with Gasteiger partial charge < -0.3 is 18.9 Å². The van der Waals surface area contributed by atoms with Gasteiger partial charge in [-0.25, -0.2) is 0 Å². The van der Waals surface area contributed by atoms with Crippen LogP contribution in [-0.2, 0) is 0 Å². The first-order valence-electron chi connectivity index (χ1n) is 5.47. The van der Waals surface area contributed by atoms with Crippen LogP contribution in [0.4, 0.5) is 13.2 Å². The van der Waals surface area contributed by atoms with Gasteiger partial charge in [-0.15, -0.1) is 0 Å². The van der Waals surface area contributed by atoms with Crippen LogP contribution in [0.25, 0.3) is 0 Å². The molecule has 8 heteroatoms. The molecule has 1 atom stereocenters. The van der Waals surface area contributed by atoms with Crippen molar-refractivity contribution >= 4 is 15.9 Å². The van der Waals surface area contributed by atoms with E-state index in [4.69, 9.17) is 18.9 Å². The van der Waals surface area contributed by atoms with Crippen LogP contribution < -0.4 is 18.9 Å². The second-order valence-corrected chi connectivity index (χ2v) is 4.79. The Hall–Kier alpha value is -1.31. The first-order chi connectivity index (χ1) is 9.33. The maximum Gasteiger partial charge on any atom is 0.404 e. The topological polar surface area (TPSA) is 36.9 Å². The fourth-order valence-electron chi connectivity index (χ4n) is 1.40. The number of hydrogen-bond donors (Lipinski definition) is 0. The van der Waals surface area contributed by atoms with Crippen LogP contribution >= 0.6 is 15.9 Å². The lowest BCUT2D eigenvalue weighted by molar-refractivity contribution is -0.132. The highest BCUT2D eigenvalue weighted by atomic mass is 79.9. The molecule has 0 amide bonds. The Bertz CT molecular complexity index is 426. The van der Waals surface area contributed by atoms with Crippen molar-refractivity contribution in [2.24, 2.45) is 0 Å². The molecule has 1 aromatic carbocycles. The summed E-state index contributed by atoms with van der Waals surface area (Å²) >= 11 is 2.52. The van der Waals surface area contributed by atoms with E-state index in [-0.39, 0.29) is 5.75 Å². The van der Waals surface area contributed by atoms with Gasteiger partial charge >= 0.3 is 6.18 Å². The zero-order valence-corrected chi connectivity index (χ0v) is 12.7. The largest absolute Gasteiger partial charge is 0.493 e. The summed E-state index contributed by atoms with van der Waals surface area (Å²) in [6.07, 6.45) is -4.37. The van der Waals surface area contributed by atoms with Crippen LogP contribution in [0.3, 0.4) is 0 Å². The van der Waals surface area contributed by atoms with Crippen molar-refractivity contribution in [1.82, 2.24) is 0 Å². The second-order valence-electron chi connectivity index (χ2n) is 3.68. The molecule has 114 valence electrons. The average Bonchev–Trinajstić information content (AvgIpc) is 2.42. The van der Waals surface area contributed by atoms with Crippen molar-refractivity contribution in [2.75, 3.05) is 27.9 Å². The first-order valence-corrected chi connectivity index (χ1v) is 6.38. The molecule has 1 unspecified atom stereocenters. The molecule has 0 aliphatic carbocycles. The number of hydrogen-bond acceptors (Lipinski definition) is 4. The Morgan fingerprint density at radius 3 is 1.90 bits per heavy atom. The predicted molar refractivity (Wildman–Crippen MR) is 70.4 cm³/mol. The molecule has 0 aliphatic heterocycles. The molecule has 0 aromatic heterocycles. The van der Waals surface area contributed by atoms with E-state index in [1.807, 2.05) is 0 Å². The number of halogens is 4. The lowest BCUT2D eigenvalue weighted by atomic mass is 10.2. The van der Waals surface area contributed by atoms with Crippen LogP contribution in [0, 0.1) is 0 Å². The molecule has 0 radical (unpaired) electrons. The molecule has 20 heavy (non-hydrogen) atoms. The maximum atomic E-state index is 12.4. The van der Waals surface area contributed by atoms with Crippen molar-refractivity contribution in [1.29, 1.82) is 0 Å². The summed E-state index contributed by atoms with van der Waals surface area (Å²) in [5, 5.41) is 0. The van der Waals surface area contributed by atoms with Gasteiger partial charge in [-0.2, -0.15) is 13.2 Å². The summed E-state index contributed by atoms with van der Waals surface area (Å²) in [6, 6.07) is 2.86. The molecule has 0 fully saturated rings. The van der Waals surface area contributed by atoms with E-state index in [1.165, 1.54) is 33.5 Å². The van der Waals surface area contributed by atoms with Gasteiger partial charge in [0, 0.05) is 12.1 Å². The third-order valence-electron chi connectivity index (χ3n) is 2.39. The Balaban J connectivity index is 2.91. The van der Waals surface area contributed by atoms with Crippen LogP contribution in [0.1, 0.15) is 0 Å². The van der Waals surface area contributed by atoms with Crippen molar-refractivity contribution < 1.29 is 32.1 Å². The first kappa shape index (κ1) is 16.7. The normalized spacial score (nSPS) is 12.8. The monoisotopic (exact) mass is 358 g/mol. The van der Waals surface area contributed by atoms with Gasteiger partial charge in [0.2, 0.25) is 5.75 Å². The SMILES string of the molecule is COc1cc(OCC(Br)C(F)(F)F)cc(OC)c1OC. The number of benzene rings is 1. The quantitative estimate of drug-likeness (QED) is 0.730. The molecule has 0 saturated heterocycles. The van der Waals surface area contributed by atoms with Crippen LogP contribution in [-0.4, -0.2) is 38.9 Å². The second kappa shape index (κ2) is 6.92. The minimum atomic E-state index is -4.37. The summed E-state index contributed by atoms with van der Waals surface area (Å²) in [4.78, 5) is -1.76. The lowest BCUT2D eigenvalue weighted by Gasteiger charge is -2.17.